The van der Waals surface area contributed by atoms with Crippen molar-refractivity contribution in [2.45, 2.75) is 52.0 Å². The average Bonchev–Trinajstić information content (AvgIpc) is 2.26. The molecule has 1 aliphatic rings. The molecule has 1 saturated carbocycles. The first-order valence-electron chi connectivity index (χ1n) is 6.54. The Hall–Kier alpha value is -0.620. The van der Waals surface area contributed by atoms with E-state index in [2.05, 4.69) is 4.72 Å². The number of hydrogen-bond acceptors (Lipinski definition) is 3. The molecule has 0 aromatic carbocycles. The van der Waals surface area contributed by atoms with E-state index in [0.29, 0.717) is 0 Å². The van der Waals surface area contributed by atoms with Crippen LogP contribution in [-0.4, -0.2) is 31.3 Å². The standard InChI is InChI=1S/C12H23NO4S/c1-9(2)11(12(14)15)13-18(16,17)8-10-6-4-3-5-7-10/h9-11,13H,3-8H2,1-2H3,(H,14,15)/t11-/m0/s1. The monoisotopic (exact) mass is 277 g/mol. The number of sulfonamides is 1. The number of hydrogen-bond donors (Lipinski definition) is 2. The van der Waals surface area contributed by atoms with Gasteiger partial charge in [-0.15, -0.1) is 0 Å². The largest absolute Gasteiger partial charge is 0.480 e. The Bertz CT molecular complexity index is 372. The van der Waals surface area contributed by atoms with Crippen molar-refractivity contribution in [2.24, 2.45) is 11.8 Å². The van der Waals surface area contributed by atoms with Crippen LogP contribution >= 0.6 is 0 Å². The van der Waals surface area contributed by atoms with Crippen molar-refractivity contribution < 1.29 is 18.3 Å². The second-order valence-electron chi connectivity index (χ2n) is 5.46. The first-order valence-corrected chi connectivity index (χ1v) is 8.20. The van der Waals surface area contributed by atoms with Crippen LogP contribution in [0.2, 0.25) is 0 Å². The lowest BCUT2D eigenvalue weighted by Crippen LogP contribution is -2.46. The van der Waals surface area contributed by atoms with Crippen LogP contribution in [0.1, 0.15) is 46.0 Å². The highest BCUT2D eigenvalue weighted by Gasteiger charge is 2.29. The molecule has 0 aliphatic heterocycles. The molecule has 1 atom stereocenters. The van der Waals surface area contributed by atoms with Crippen molar-refractivity contribution >= 4 is 16.0 Å². The minimum atomic E-state index is -3.50. The smallest absolute Gasteiger partial charge is 0.321 e. The number of nitrogens with one attached hydrogen (secondary N) is 1. The number of carboxylic acids is 1. The van der Waals surface area contributed by atoms with E-state index in [9.17, 15) is 13.2 Å². The number of aliphatic carboxylic acids is 1. The first kappa shape index (κ1) is 15.4. The summed E-state index contributed by atoms with van der Waals surface area (Å²) in [4.78, 5) is 11.0. The second kappa shape index (κ2) is 6.52. The zero-order chi connectivity index (χ0) is 13.8. The van der Waals surface area contributed by atoms with Crippen molar-refractivity contribution in [2.75, 3.05) is 5.75 Å². The normalized spacial score (nSPS) is 19.9. The Balaban J connectivity index is 2.59. The molecular formula is C12H23NO4S. The van der Waals surface area contributed by atoms with Gasteiger partial charge in [0.1, 0.15) is 6.04 Å². The van der Waals surface area contributed by atoms with Gasteiger partial charge in [-0.3, -0.25) is 4.79 Å². The molecule has 0 radical (unpaired) electrons. The molecule has 1 rings (SSSR count). The Morgan fingerprint density at radius 3 is 2.28 bits per heavy atom. The van der Waals surface area contributed by atoms with E-state index in [-0.39, 0.29) is 17.6 Å². The maximum Gasteiger partial charge on any atom is 0.321 e. The van der Waals surface area contributed by atoms with E-state index < -0.39 is 22.0 Å². The van der Waals surface area contributed by atoms with Crippen LogP contribution in [0.4, 0.5) is 0 Å². The molecule has 18 heavy (non-hydrogen) atoms. The van der Waals surface area contributed by atoms with E-state index in [1.165, 1.54) is 6.42 Å². The molecule has 0 aromatic rings. The zero-order valence-electron chi connectivity index (χ0n) is 11.1. The summed E-state index contributed by atoms with van der Waals surface area (Å²) in [6.07, 6.45) is 5.19. The van der Waals surface area contributed by atoms with Crippen LogP contribution in [0.25, 0.3) is 0 Å². The molecule has 1 aliphatic carbocycles. The molecule has 0 unspecified atom stereocenters. The number of rotatable bonds is 6. The van der Waals surface area contributed by atoms with Crippen molar-refractivity contribution in [1.29, 1.82) is 0 Å². The Labute approximate surface area is 109 Å². The van der Waals surface area contributed by atoms with Crippen LogP contribution in [0.15, 0.2) is 0 Å². The van der Waals surface area contributed by atoms with Gasteiger partial charge >= 0.3 is 5.97 Å². The third-order valence-corrected chi connectivity index (χ3v) is 4.94. The summed E-state index contributed by atoms with van der Waals surface area (Å²) in [6, 6.07) is -1.03. The molecule has 6 heteroatoms. The summed E-state index contributed by atoms with van der Waals surface area (Å²) in [5.74, 6) is -1.14. The maximum atomic E-state index is 11.9. The molecule has 5 nitrogen and oxygen atoms in total. The van der Waals surface area contributed by atoms with Gasteiger partial charge in [-0.25, -0.2) is 13.1 Å². The molecule has 0 heterocycles. The van der Waals surface area contributed by atoms with E-state index in [4.69, 9.17) is 5.11 Å². The van der Waals surface area contributed by atoms with Gasteiger partial charge in [-0.05, 0) is 24.7 Å². The van der Waals surface area contributed by atoms with Gasteiger partial charge in [0, 0.05) is 0 Å². The van der Waals surface area contributed by atoms with Crippen molar-refractivity contribution in [3.8, 4) is 0 Å². The Morgan fingerprint density at radius 2 is 1.83 bits per heavy atom. The van der Waals surface area contributed by atoms with Crippen LogP contribution < -0.4 is 4.72 Å². The van der Waals surface area contributed by atoms with Gasteiger partial charge < -0.3 is 5.11 Å². The van der Waals surface area contributed by atoms with Crippen molar-refractivity contribution in [1.82, 2.24) is 4.72 Å². The summed E-state index contributed by atoms with van der Waals surface area (Å²) in [7, 11) is -3.50. The Morgan fingerprint density at radius 1 is 1.28 bits per heavy atom. The topological polar surface area (TPSA) is 83.5 Å². The third-order valence-electron chi connectivity index (χ3n) is 3.42. The molecule has 0 spiro atoms. The van der Waals surface area contributed by atoms with E-state index in [0.717, 1.165) is 25.7 Å². The summed E-state index contributed by atoms with van der Waals surface area (Å²) in [5.41, 5.74) is 0. The molecule has 0 amide bonds. The second-order valence-corrected chi connectivity index (χ2v) is 7.26. The van der Waals surface area contributed by atoms with Gasteiger partial charge in [-0.2, -0.15) is 0 Å². The van der Waals surface area contributed by atoms with Gasteiger partial charge in [0.2, 0.25) is 10.0 Å². The molecule has 0 aromatic heterocycles. The predicted molar refractivity (Wildman–Crippen MR) is 69.8 cm³/mol. The fourth-order valence-electron chi connectivity index (χ4n) is 2.38. The van der Waals surface area contributed by atoms with Gasteiger partial charge in [0.05, 0.1) is 5.75 Å². The van der Waals surface area contributed by atoms with Gasteiger partial charge in [0.15, 0.2) is 0 Å². The third kappa shape index (κ3) is 4.94. The van der Waals surface area contributed by atoms with E-state index in [1.807, 2.05) is 0 Å². The maximum absolute atomic E-state index is 11.9. The van der Waals surface area contributed by atoms with E-state index in [1.54, 1.807) is 13.8 Å². The highest BCUT2D eigenvalue weighted by molar-refractivity contribution is 7.89. The fourth-order valence-corrected chi connectivity index (χ4v) is 4.19. The lowest BCUT2D eigenvalue weighted by molar-refractivity contribution is -0.140. The average molecular weight is 277 g/mol. The minimum Gasteiger partial charge on any atom is -0.480 e. The zero-order valence-corrected chi connectivity index (χ0v) is 11.9. The van der Waals surface area contributed by atoms with Gasteiger partial charge in [0.25, 0.3) is 0 Å². The first-order chi connectivity index (χ1) is 8.32. The highest BCUT2D eigenvalue weighted by atomic mass is 32.2. The molecule has 106 valence electrons. The summed E-state index contributed by atoms with van der Waals surface area (Å²) >= 11 is 0. The van der Waals surface area contributed by atoms with Crippen LogP contribution in [0.5, 0.6) is 0 Å². The van der Waals surface area contributed by atoms with E-state index >= 15 is 0 Å². The Kier molecular flexibility index (Phi) is 5.59. The van der Waals surface area contributed by atoms with Gasteiger partial charge in [-0.1, -0.05) is 33.1 Å². The summed E-state index contributed by atoms with van der Waals surface area (Å²) < 4.78 is 26.2. The molecule has 0 bridgehead atoms. The summed E-state index contributed by atoms with van der Waals surface area (Å²) in [6.45, 7) is 3.39. The highest BCUT2D eigenvalue weighted by Crippen LogP contribution is 2.24. The molecule has 1 fully saturated rings. The number of carboxylic acid groups (broad SMARTS) is 1. The van der Waals surface area contributed by atoms with Crippen LogP contribution in [0.3, 0.4) is 0 Å². The predicted octanol–water partition coefficient (Wildman–Crippen LogP) is 1.60. The minimum absolute atomic E-state index is 0.0590. The number of carbonyl (C=O) groups is 1. The molecule has 0 saturated heterocycles. The quantitative estimate of drug-likeness (QED) is 0.772. The van der Waals surface area contributed by atoms with Crippen molar-refractivity contribution in [3.05, 3.63) is 0 Å². The van der Waals surface area contributed by atoms with Crippen LogP contribution in [-0.2, 0) is 14.8 Å². The summed E-state index contributed by atoms with van der Waals surface area (Å²) in [5, 5.41) is 8.99. The van der Waals surface area contributed by atoms with Crippen LogP contribution in [0, 0.1) is 11.8 Å². The SMILES string of the molecule is CC(C)[C@H](NS(=O)(=O)CC1CCCCC1)C(=O)O. The fraction of sp³-hybridized carbons (Fsp3) is 0.917. The molecular weight excluding hydrogens is 254 g/mol. The molecule has 2 N–H and O–H groups in total. The van der Waals surface area contributed by atoms with Crippen molar-refractivity contribution in [3.63, 3.8) is 0 Å². The lowest BCUT2D eigenvalue weighted by Gasteiger charge is -2.23. The lowest BCUT2D eigenvalue weighted by atomic mass is 9.91.